The van der Waals surface area contributed by atoms with Gasteiger partial charge in [-0.15, -0.1) is 0 Å². The number of hydrogen-bond donors (Lipinski definition) is 1. The lowest BCUT2D eigenvalue weighted by Gasteiger charge is -2.11. The van der Waals surface area contributed by atoms with E-state index in [1.807, 2.05) is 36.4 Å². The van der Waals surface area contributed by atoms with Crippen LogP contribution in [0.3, 0.4) is 0 Å². The number of benzene rings is 2. The minimum absolute atomic E-state index is 0.480. The van der Waals surface area contributed by atoms with Crippen LogP contribution in [-0.2, 0) is 0 Å². The molecule has 0 unspecified atom stereocenters. The van der Waals surface area contributed by atoms with Crippen LogP contribution in [0.4, 0.5) is 0 Å². The second-order valence-corrected chi connectivity index (χ2v) is 5.57. The standard InChI is InChI=1S/C16H17BrO2/c1-10-4-6-14(8-11(10)2)19-16-7-5-13(12(3)18)9-15(16)17/h4-9,12,18H,1-3H3/t12-/m1/s1. The first-order valence-electron chi connectivity index (χ1n) is 6.20. The van der Waals surface area contributed by atoms with E-state index >= 15 is 0 Å². The van der Waals surface area contributed by atoms with Gasteiger partial charge in [0.25, 0.3) is 0 Å². The Morgan fingerprint density at radius 1 is 1.05 bits per heavy atom. The fourth-order valence-corrected chi connectivity index (χ4v) is 2.24. The molecule has 0 spiro atoms. The van der Waals surface area contributed by atoms with Gasteiger partial charge in [-0.25, -0.2) is 0 Å². The van der Waals surface area contributed by atoms with Gasteiger partial charge >= 0.3 is 0 Å². The van der Waals surface area contributed by atoms with E-state index in [-0.39, 0.29) is 0 Å². The summed E-state index contributed by atoms with van der Waals surface area (Å²) in [5.41, 5.74) is 3.31. The third-order valence-corrected chi connectivity index (χ3v) is 3.76. The molecular weight excluding hydrogens is 304 g/mol. The van der Waals surface area contributed by atoms with Gasteiger partial charge in [-0.05, 0) is 77.7 Å². The van der Waals surface area contributed by atoms with Crippen LogP contribution in [0.15, 0.2) is 40.9 Å². The van der Waals surface area contributed by atoms with E-state index in [0.717, 1.165) is 21.5 Å². The van der Waals surface area contributed by atoms with E-state index in [1.54, 1.807) is 6.92 Å². The molecule has 1 atom stereocenters. The number of hydrogen-bond acceptors (Lipinski definition) is 2. The Kier molecular flexibility index (Phi) is 4.27. The van der Waals surface area contributed by atoms with Crippen molar-refractivity contribution in [2.75, 3.05) is 0 Å². The van der Waals surface area contributed by atoms with Gasteiger partial charge in [-0.1, -0.05) is 12.1 Å². The fourth-order valence-electron chi connectivity index (χ4n) is 1.76. The lowest BCUT2D eigenvalue weighted by molar-refractivity contribution is 0.199. The van der Waals surface area contributed by atoms with Crippen LogP contribution in [-0.4, -0.2) is 5.11 Å². The third-order valence-electron chi connectivity index (χ3n) is 3.14. The zero-order valence-corrected chi connectivity index (χ0v) is 12.9. The van der Waals surface area contributed by atoms with E-state index in [0.29, 0.717) is 0 Å². The van der Waals surface area contributed by atoms with Crippen molar-refractivity contribution in [3.8, 4) is 11.5 Å². The highest BCUT2D eigenvalue weighted by Crippen LogP contribution is 2.32. The van der Waals surface area contributed by atoms with Crippen molar-refractivity contribution in [2.45, 2.75) is 26.9 Å². The van der Waals surface area contributed by atoms with Crippen molar-refractivity contribution in [3.63, 3.8) is 0 Å². The van der Waals surface area contributed by atoms with Crippen molar-refractivity contribution in [1.29, 1.82) is 0 Å². The second kappa shape index (κ2) is 5.76. The Morgan fingerprint density at radius 2 is 1.79 bits per heavy atom. The lowest BCUT2D eigenvalue weighted by atomic mass is 10.1. The first-order chi connectivity index (χ1) is 8.97. The van der Waals surface area contributed by atoms with Gasteiger partial charge in [0.15, 0.2) is 0 Å². The first kappa shape index (κ1) is 14.1. The maximum Gasteiger partial charge on any atom is 0.141 e. The van der Waals surface area contributed by atoms with Gasteiger partial charge in [0, 0.05) is 0 Å². The van der Waals surface area contributed by atoms with Gasteiger partial charge in [-0.2, -0.15) is 0 Å². The molecular formula is C16H17BrO2. The highest BCUT2D eigenvalue weighted by molar-refractivity contribution is 9.10. The molecule has 0 saturated carbocycles. The van der Waals surface area contributed by atoms with Gasteiger partial charge in [0.1, 0.15) is 11.5 Å². The molecule has 0 bridgehead atoms. The number of aliphatic hydroxyl groups is 1. The molecule has 3 heteroatoms. The van der Waals surface area contributed by atoms with E-state index in [4.69, 9.17) is 4.74 Å². The Labute approximate surface area is 122 Å². The summed E-state index contributed by atoms with van der Waals surface area (Å²) in [4.78, 5) is 0. The van der Waals surface area contributed by atoms with Gasteiger partial charge in [0.2, 0.25) is 0 Å². The zero-order chi connectivity index (χ0) is 14.0. The molecule has 2 rings (SSSR count). The highest BCUT2D eigenvalue weighted by Gasteiger charge is 2.07. The number of aryl methyl sites for hydroxylation is 2. The van der Waals surface area contributed by atoms with Crippen molar-refractivity contribution in [3.05, 3.63) is 57.6 Å². The number of ether oxygens (including phenoxy) is 1. The summed E-state index contributed by atoms with van der Waals surface area (Å²) in [5.74, 6) is 1.56. The van der Waals surface area contributed by atoms with Crippen molar-refractivity contribution >= 4 is 15.9 Å². The Morgan fingerprint density at radius 3 is 2.37 bits per heavy atom. The average molecular weight is 321 g/mol. The van der Waals surface area contributed by atoms with Gasteiger partial charge < -0.3 is 9.84 Å². The topological polar surface area (TPSA) is 29.5 Å². The van der Waals surface area contributed by atoms with Crippen LogP contribution >= 0.6 is 15.9 Å². The normalized spacial score (nSPS) is 12.3. The van der Waals surface area contributed by atoms with Crippen molar-refractivity contribution in [1.82, 2.24) is 0 Å². The molecule has 0 heterocycles. The van der Waals surface area contributed by atoms with Gasteiger partial charge in [-0.3, -0.25) is 0 Å². The minimum atomic E-state index is -0.480. The molecule has 0 saturated heterocycles. The van der Waals surface area contributed by atoms with Gasteiger partial charge in [0.05, 0.1) is 10.6 Å². The molecule has 0 amide bonds. The molecule has 2 aromatic carbocycles. The molecule has 0 aromatic heterocycles. The molecule has 0 radical (unpaired) electrons. The predicted octanol–water partition coefficient (Wildman–Crippen LogP) is 4.91. The van der Waals surface area contributed by atoms with E-state index in [9.17, 15) is 5.11 Å². The zero-order valence-electron chi connectivity index (χ0n) is 11.3. The molecule has 2 nitrogen and oxygen atoms in total. The molecule has 19 heavy (non-hydrogen) atoms. The number of halogens is 1. The van der Waals surface area contributed by atoms with E-state index in [2.05, 4.69) is 29.8 Å². The van der Waals surface area contributed by atoms with Crippen LogP contribution in [0.5, 0.6) is 11.5 Å². The third kappa shape index (κ3) is 3.37. The van der Waals surface area contributed by atoms with Crippen LogP contribution < -0.4 is 4.74 Å². The summed E-state index contributed by atoms with van der Waals surface area (Å²) in [6.07, 6.45) is -0.480. The lowest BCUT2D eigenvalue weighted by Crippen LogP contribution is -1.93. The number of rotatable bonds is 3. The van der Waals surface area contributed by atoms with E-state index < -0.39 is 6.10 Å². The molecule has 100 valence electrons. The average Bonchev–Trinajstić information content (AvgIpc) is 2.36. The fraction of sp³-hybridized carbons (Fsp3) is 0.250. The van der Waals surface area contributed by atoms with Crippen LogP contribution in [0.1, 0.15) is 29.7 Å². The molecule has 0 aliphatic carbocycles. The second-order valence-electron chi connectivity index (χ2n) is 4.71. The Balaban J connectivity index is 2.25. The molecule has 1 N–H and O–H groups in total. The summed E-state index contributed by atoms with van der Waals surface area (Å²) in [5, 5.41) is 9.53. The van der Waals surface area contributed by atoms with Crippen molar-refractivity contribution < 1.29 is 9.84 Å². The minimum Gasteiger partial charge on any atom is -0.456 e. The van der Waals surface area contributed by atoms with Crippen molar-refractivity contribution in [2.24, 2.45) is 0 Å². The largest absolute Gasteiger partial charge is 0.456 e. The molecule has 2 aromatic rings. The van der Waals surface area contributed by atoms with E-state index in [1.165, 1.54) is 11.1 Å². The highest BCUT2D eigenvalue weighted by atomic mass is 79.9. The first-order valence-corrected chi connectivity index (χ1v) is 6.99. The maximum atomic E-state index is 9.53. The predicted molar refractivity (Wildman–Crippen MR) is 80.8 cm³/mol. The summed E-state index contributed by atoms with van der Waals surface area (Å²) < 4.78 is 6.69. The summed E-state index contributed by atoms with van der Waals surface area (Å²) in [7, 11) is 0. The summed E-state index contributed by atoms with van der Waals surface area (Å²) in [6.45, 7) is 5.88. The maximum absolute atomic E-state index is 9.53. The van der Waals surface area contributed by atoms with Crippen LogP contribution in [0.25, 0.3) is 0 Å². The Bertz CT molecular complexity index is 591. The Hall–Kier alpha value is -1.32. The quantitative estimate of drug-likeness (QED) is 0.870. The SMILES string of the molecule is Cc1ccc(Oc2ccc([C@@H](C)O)cc2Br)cc1C. The summed E-state index contributed by atoms with van der Waals surface area (Å²) in [6, 6.07) is 11.6. The van der Waals surface area contributed by atoms with Crippen LogP contribution in [0, 0.1) is 13.8 Å². The summed E-state index contributed by atoms with van der Waals surface area (Å²) >= 11 is 3.47. The monoisotopic (exact) mass is 320 g/mol. The molecule has 0 fully saturated rings. The molecule has 0 aliphatic heterocycles. The smallest absolute Gasteiger partial charge is 0.141 e. The number of aliphatic hydroxyl groups excluding tert-OH is 1. The van der Waals surface area contributed by atoms with Crippen LogP contribution in [0.2, 0.25) is 0 Å². The molecule has 0 aliphatic rings.